The van der Waals surface area contributed by atoms with E-state index in [1.807, 2.05) is 0 Å². The fourth-order valence-corrected chi connectivity index (χ4v) is 1.82. The van der Waals surface area contributed by atoms with Crippen LogP contribution < -0.4 is 4.74 Å². The normalized spacial score (nSPS) is 9.93. The third-order valence-electron chi connectivity index (χ3n) is 1.81. The molecule has 0 fully saturated rings. The molecule has 4 heteroatoms. The van der Waals surface area contributed by atoms with Crippen molar-refractivity contribution >= 4 is 22.2 Å². The van der Waals surface area contributed by atoms with Gasteiger partial charge in [-0.15, -0.1) is 0 Å². The van der Waals surface area contributed by atoms with Crippen LogP contribution in [0, 0.1) is 5.82 Å². The van der Waals surface area contributed by atoms with Crippen molar-refractivity contribution in [2.75, 3.05) is 7.11 Å². The number of halogens is 2. The molecular weight excluding hydrogens is 251 g/mol. The molecule has 0 heterocycles. The van der Waals surface area contributed by atoms with E-state index in [0.29, 0.717) is 17.3 Å². The quantitative estimate of drug-likeness (QED) is 0.779. The van der Waals surface area contributed by atoms with E-state index in [0.717, 1.165) is 11.8 Å². The van der Waals surface area contributed by atoms with Gasteiger partial charge in [-0.25, -0.2) is 4.39 Å². The summed E-state index contributed by atoms with van der Waals surface area (Å²) in [5.41, 5.74) is 0.780. The van der Waals surface area contributed by atoms with Gasteiger partial charge in [0.15, 0.2) is 11.6 Å². The molecule has 0 spiro atoms. The Balaban J connectivity index is 2.95. The fourth-order valence-electron chi connectivity index (χ4n) is 1.18. The van der Waals surface area contributed by atoms with E-state index in [1.165, 1.54) is 13.2 Å². The Labute approximate surface area is 90.2 Å². The first-order valence-corrected chi connectivity index (χ1v) is 4.94. The Kier molecular flexibility index (Phi) is 4.07. The highest BCUT2D eigenvalue weighted by Gasteiger charge is 2.08. The first-order valence-electron chi connectivity index (χ1n) is 4.14. The number of hydrogen-bond donors (Lipinski definition) is 0. The minimum atomic E-state index is -0.414. The van der Waals surface area contributed by atoms with Gasteiger partial charge in [0.1, 0.15) is 6.29 Å². The van der Waals surface area contributed by atoms with Crippen LogP contribution in [0.3, 0.4) is 0 Å². The molecule has 0 N–H and O–H groups in total. The van der Waals surface area contributed by atoms with E-state index >= 15 is 0 Å². The molecule has 0 aliphatic heterocycles. The Morgan fingerprint density at radius 1 is 1.57 bits per heavy atom. The SMILES string of the molecule is COc1c(F)cc(CCC=O)cc1Br. The Morgan fingerprint density at radius 3 is 2.79 bits per heavy atom. The molecule has 1 rings (SSSR count). The Hall–Kier alpha value is -0.900. The minimum absolute atomic E-state index is 0.194. The molecule has 0 radical (unpaired) electrons. The lowest BCUT2D eigenvalue weighted by Crippen LogP contribution is -1.93. The van der Waals surface area contributed by atoms with Crippen molar-refractivity contribution in [2.24, 2.45) is 0 Å². The maximum absolute atomic E-state index is 13.3. The standard InChI is InChI=1S/C10H10BrFO2/c1-14-10-8(11)5-7(3-2-4-13)6-9(10)12/h4-6H,2-3H2,1H3. The van der Waals surface area contributed by atoms with Gasteiger partial charge < -0.3 is 9.53 Å². The van der Waals surface area contributed by atoms with Gasteiger partial charge in [-0.2, -0.15) is 0 Å². The van der Waals surface area contributed by atoms with Crippen molar-refractivity contribution in [1.82, 2.24) is 0 Å². The molecule has 0 saturated heterocycles. The molecule has 1 aromatic rings. The molecule has 0 aromatic heterocycles. The molecule has 0 atom stereocenters. The van der Waals surface area contributed by atoms with Crippen molar-refractivity contribution in [1.29, 1.82) is 0 Å². The monoisotopic (exact) mass is 260 g/mol. The number of ether oxygens (including phenoxy) is 1. The van der Waals surface area contributed by atoms with Crippen LogP contribution in [0.15, 0.2) is 16.6 Å². The lowest BCUT2D eigenvalue weighted by atomic mass is 10.1. The number of hydrogen-bond acceptors (Lipinski definition) is 2. The number of carbonyl (C=O) groups is 1. The summed E-state index contributed by atoms with van der Waals surface area (Å²) in [5, 5.41) is 0. The maximum Gasteiger partial charge on any atom is 0.168 e. The zero-order valence-corrected chi connectivity index (χ0v) is 9.30. The van der Waals surface area contributed by atoms with Gasteiger partial charge in [-0.1, -0.05) is 0 Å². The molecule has 14 heavy (non-hydrogen) atoms. The van der Waals surface area contributed by atoms with Gasteiger partial charge in [0.2, 0.25) is 0 Å². The first kappa shape index (κ1) is 11.2. The predicted molar refractivity (Wildman–Crippen MR) is 55.0 cm³/mol. The van der Waals surface area contributed by atoms with Crippen LogP contribution in [-0.4, -0.2) is 13.4 Å². The van der Waals surface area contributed by atoms with Gasteiger partial charge >= 0.3 is 0 Å². The summed E-state index contributed by atoms with van der Waals surface area (Å²) >= 11 is 3.20. The van der Waals surface area contributed by atoms with Crippen LogP contribution in [0.5, 0.6) is 5.75 Å². The second-order valence-corrected chi connectivity index (χ2v) is 3.65. The van der Waals surface area contributed by atoms with Crippen LogP contribution >= 0.6 is 15.9 Å². The van der Waals surface area contributed by atoms with Gasteiger partial charge in [0, 0.05) is 6.42 Å². The molecule has 1 aromatic carbocycles. The molecule has 0 saturated carbocycles. The first-order chi connectivity index (χ1) is 6.69. The fraction of sp³-hybridized carbons (Fsp3) is 0.300. The highest BCUT2D eigenvalue weighted by atomic mass is 79.9. The lowest BCUT2D eigenvalue weighted by Gasteiger charge is -2.06. The summed E-state index contributed by atoms with van der Waals surface area (Å²) in [6, 6.07) is 3.14. The van der Waals surface area contributed by atoms with Crippen molar-refractivity contribution in [2.45, 2.75) is 12.8 Å². The number of aryl methyl sites for hydroxylation is 1. The predicted octanol–water partition coefficient (Wildman–Crippen LogP) is 2.73. The number of rotatable bonds is 4. The Bertz CT molecular complexity index is 316. The third-order valence-corrected chi connectivity index (χ3v) is 2.40. The smallest absolute Gasteiger partial charge is 0.168 e. The van der Waals surface area contributed by atoms with E-state index in [9.17, 15) is 9.18 Å². The molecule has 2 nitrogen and oxygen atoms in total. The van der Waals surface area contributed by atoms with Gasteiger partial charge in [-0.05, 0) is 40.0 Å². The van der Waals surface area contributed by atoms with Crippen molar-refractivity contribution in [3.05, 3.63) is 28.0 Å². The van der Waals surface area contributed by atoms with Crippen LogP contribution in [0.25, 0.3) is 0 Å². The highest BCUT2D eigenvalue weighted by Crippen LogP contribution is 2.29. The van der Waals surface area contributed by atoms with Crippen LogP contribution in [0.4, 0.5) is 4.39 Å². The van der Waals surface area contributed by atoms with Crippen molar-refractivity contribution < 1.29 is 13.9 Å². The second-order valence-electron chi connectivity index (χ2n) is 2.80. The number of aldehydes is 1. The summed E-state index contributed by atoms with van der Waals surface area (Å²) in [4.78, 5) is 10.1. The van der Waals surface area contributed by atoms with E-state index in [-0.39, 0.29) is 5.75 Å². The van der Waals surface area contributed by atoms with Crippen molar-refractivity contribution in [3.63, 3.8) is 0 Å². The molecule has 0 amide bonds. The van der Waals surface area contributed by atoms with Crippen LogP contribution in [0.2, 0.25) is 0 Å². The second kappa shape index (κ2) is 5.10. The molecule has 0 aliphatic carbocycles. The number of methoxy groups -OCH3 is 1. The average Bonchev–Trinajstić information content (AvgIpc) is 2.14. The van der Waals surface area contributed by atoms with Crippen molar-refractivity contribution in [3.8, 4) is 5.75 Å². The third kappa shape index (κ3) is 2.54. The van der Waals surface area contributed by atoms with Crippen LogP contribution in [0.1, 0.15) is 12.0 Å². The molecule has 0 unspecified atom stereocenters. The minimum Gasteiger partial charge on any atom is -0.492 e. The topological polar surface area (TPSA) is 26.3 Å². The van der Waals surface area contributed by atoms with E-state index in [2.05, 4.69) is 15.9 Å². The Morgan fingerprint density at radius 2 is 2.29 bits per heavy atom. The zero-order valence-electron chi connectivity index (χ0n) is 7.72. The lowest BCUT2D eigenvalue weighted by molar-refractivity contribution is -0.107. The summed E-state index contributed by atoms with van der Waals surface area (Å²) in [6.07, 6.45) is 1.76. The molecular formula is C10H10BrFO2. The molecule has 0 aliphatic rings. The summed E-state index contributed by atoms with van der Waals surface area (Å²) in [5.74, 6) is -0.220. The maximum atomic E-state index is 13.3. The van der Waals surface area contributed by atoms with Gasteiger partial charge in [-0.3, -0.25) is 0 Å². The largest absolute Gasteiger partial charge is 0.492 e. The average molecular weight is 261 g/mol. The summed E-state index contributed by atoms with van der Waals surface area (Å²) in [6.45, 7) is 0. The molecule has 76 valence electrons. The van der Waals surface area contributed by atoms with E-state index < -0.39 is 5.82 Å². The van der Waals surface area contributed by atoms with E-state index in [4.69, 9.17) is 4.74 Å². The summed E-state index contributed by atoms with van der Waals surface area (Å²) < 4.78 is 18.7. The molecule has 0 bridgehead atoms. The number of carbonyl (C=O) groups excluding carboxylic acids is 1. The van der Waals surface area contributed by atoms with E-state index in [1.54, 1.807) is 6.07 Å². The van der Waals surface area contributed by atoms with Crippen LogP contribution in [-0.2, 0) is 11.2 Å². The zero-order chi connectivity index (χ0) is 10.6. The summed E-state index contributed by atoms with van der Waals surface area (Å²) in [7, 11) is 1.41. The van der Waals surface area contributed by atoms with Gasteiger partial charge in [0.05, 0.1) is 11.6 Å². The number of benzene rings is 1. The van der Waals surface area contributed by atoms with Gasteiger partial charge in [0.25, 0.3) is 0 Å². The highest BCUT2D eigenvalue weighted by molar-refractivity contribution is 9.10.